The average molecular weight is 523 g/mol. The molecule has 3 aromatic rings. The minimum atomic E-state index is -0.712. The van der Waals surface area contributed by atoms with E-state index < -0.39 is 6.04 Å². The smallest absolute Gasteiger partial charge is 0.250 e. The Balaban J connectivity index is 1.73. The molecule has 0 saturated carbocycles. The standard InChI is InChI=1S/C30H39ClN4O2/c1-19(24-16-32-25-10-8-7-9-23(24)25)28(33-27(36)15-30(2,3)4)29(37)35-18-20(17-34(5)6)13-21-14-22(31)11-12-26(21)35/h7-12,14,16,19-20,28,32H,13,15,17-18H2,1-6H3,(H,33,36)/t19?,20-,28?/m1/s1. The van der Waals surface area contributed by atoms with Crippen molar-refractivity contribution in [3.8, 4) is 0 Å². The number of fused-ring (bicyclic) bond motifs is 2. The number of aromatic nitrogens is 1. The van der Waals surface area contributed by atoms with Crippen LogP contribution in [0.4, 0.5) is 5.69 Å². The normalized spacial score (nSPS) is 17.5. The molecule has 1 aliphatic rings. The number of nitrogens with one attached hydrogen (secondary N) is 2. The number of H-pyrrole nitrogens is 1. The third-order valence-corrected chi connectivity index (χ3v) is 7.29. The molecule has 0 fully saturated rings. The molecule has 0 spiro atoms. The maximum atomic E-state index is 14.4. The number of amides is 2. The van der Waals surface area contributed by atoms with E-state index in [-0.39, 0.29) is 29.1 Å². The Morgan fingerprint density at radius 1 is 1.19 bits per heavy atom. The van der Waals surface area contributed by atoms with Crippen LogP contribution in [-0.4, -0.2) is 54.9 Å². The summed E-state index contributed by atoms with van der Waals surface area (Å²) < 4.78 is 0. The molecule has 2 amide bonds. The van der Waals surface area contributed by atoms with E-state index in [1.165, 1.54) is 0 Å². The summed E-state index contributed by atoms with van der Waals surface area (Å²) >= 11 is 6.35. The van der Waals surface area contributed by atoms with Crippen LogP contribution >= 0.6 is 11.6 Å². The molecule has 2 aromatic carbocycles. The lowest BCUT2D eigenvalue weighted by Crippen LogP contribution is -2.54. The molecule has 1 aromatic heterocycles. The summed E-state index contributed by atoms with van der Waals surface area (Å²) in [5, 5.41) is 4.87. The fraction of sp³-hybridized carbons (Fsp3) is 0.467. The lowest BCUT2D eigenvalue weighted by Gasteiger charge is -2.39. The van der Waals surface area contributed by atoms with Gasteiger partial charge in [-0.05, 0) is 67.2 Å². The number of rotatable bonds is 7. The first-order valence-corrected chi connectivity index (χ1v) is 13.4. The van der Waals surface area contributed by atoms with Crippen LogP contribution in [0.1, 0.15) is 51.2 Å². The van der Waals surface area contributed by atoms with Gasteiger partial charge in [-0.1, -0.05) is 57.5 Å². The zero-order valence-electron chi connectivity index (χ0n) is 22.8. The van der Waals surface area contributed by atoms with Crippen molar-refractivity contribution >= 4 is 40.0 Å². The number of hydrogen-bond acceptors (Lipinski definition) is 3. The molecule has 0 aliphatic carbocycles. The maximum absolute atomic E-state index is 14.4. The highest BCUT2D eigenvalue weighted by molar-refractivity contribution is 6.30. The summed E-state index contributed by atoms with van der Waals surface area (Å²) in [7, 11) is 4.10. The van der Waals surface area contributed by atoms with Crippen molar-refractivity contribution in [2.75, 3.05) is 32.1 Å². The van der Waals surface area contributed by atoms with Crippen LogP contribution in [0.25, 0.3) is 10.9 Å². The second-order valence-corrected chi connectivity index (χ2v) is 12.4. The van der Waals surface area contributed by atoms with Crippen molar-refractivity contribution in [2.24, 2.45) is 11.3 Å². The van der Waals surface area contributed by atoms with E-state index in [1.54, 1.807) is 0 Å². The highest BCUT2D eigenvalue weighted by atomic mass is 35.5. The Morgan fingerprint density at radius 2 is 1.92 bits per heavy atom. The Labute approximate surface area is 225 Å². The summed E-state index contributed by atoms with van der Waals surface area (Å²) in [5.41, 5.74) is 3.79. The molecule has 2 unspecified atom stereocenters. The molecule has 198 valence electrons. The fourth-order valence-corrected chi connectivity index (χ4v) is 5.68. The van der Waals surface area contributed by atoms with Gasteiger partial charge in [0.05, 0.1) is 0 Å². The first kappa shape index (κ1) is 27.2. The number of carbonyl (C=O) groups excluding carboxylic acids is 2. The Bertz CT molecular complexity index is 1280. The lowest BCUT2D eigenvalue weighted by molar-refractivity contribution is -0.129. The SMILES string of the molecule is CC(c1c[nH]c2ccccc12)C(NC(=O)CC(C)(C)C)C(=O)N1C[C@@H](CN(C)C)Cc2cc(Cl)ccc21. The second kappa shape index (κ2) is 10.9. The highest BCUT2D eigenvalue weighted by Gasteiger charge is 2.37. The molecule has 6 nitrogen and oxygen atoms in total. The van der Waals surface area contributed by atoms with Crippen LogP contribution in [0.3, 0.4) is 0 Å². The van der Waals surface area contributed by atoms with Gasteiger partial charge in [-0.15, -0.1) is 0 Å². The second-order valence-electron chi connectivity index (χ2n) is 11.9. The van der Waals surface area contributed by atoms with Gasteiger partial charge >= 0.3 is 0 Å². The molecule has 0 radical (unpaired) electrons. The van der Waals surface area contributed by atoms with Crippen LogP contribution in [0.2, 0.25) is 5.02 Å². The van der Waals surface area contributed by atoms with Gasteiger partial charge in [-0.2, -0.15) is 0 Å². The molecule has 37 heavy (non-hydrogen) atoms. The van der Waals surface area contributed by atoms with E-state index in [0.717, 1.165) is 40.7 Å². The van der Waals surface area contributed by atoms with Crippen molar-refractivity contribution in [1.82, 2.24) is 15.2 Å². The summed E-state index contributed by atoms with van der Waals surface area (Å²) in [6.07, 6.45) is 3.16. The zero-order chi connectivity index (χ0) is 26.9. The summed E-state index contributed by atoms with van der Waals surface area (Å²) in [6, 6.07) is 13.1. The molecule has 4 rings (SSSR count). The molecule has 1 aliphatic heterocycles. The van der Waals surface area contributed by atoms with Gasteiger partial charge in [-0.25, -0.2) is 0 Å². The van der Waals surface area contributed by atoms with E-state index in [0.29, 0.717) is 18.0 Å². The van der Waals surface area contributed by atoms with Crippen molar-refractivity contribution in [2.45, 2.75) is 52.5 Å². The van der Waals surface area contributed by atoms with Crippen LogP contribution < -0.4 is 10.2 Å². The summed E-state index contributed by atoms with van der Waals surface area (Å²) in [5.74, 6) is -0.181. The molecule has 3 atom stereocenters. The third kappa shape index (κ3) is 6.36. The molecule has 7 heteroatoms. The summed E-state index contributed by atoms with van der Waals surface area (Å²) in [4.78, 5) is 34.9. The summed E-state index contributed by atoms with van der Waals surface area (Å²) in [6.45, 7) is 9.57. The number of carbonyl (C=O) groups is 2. The Morgan fingerprint density at radius 3 is 2.62 bits per heavy atom. The van der Waals surface area contributed by atoms with Crippen LogP contribution in [0, 0.1) is 11.3 Å². The third-order valence-electron chi connectivity index (χ3n) is 7.06. The van der Waals surface area contributed by atoms with Gasteiger partial charge in [-0.3, -0.25) is 9.59 Å². The van der Waals surface area contributed by atoms with Crippen LogP contribution in [0.5, 0.6) is 0 Å². The van der Waals surface area contributed by atoms with Gasteiger partial charge in [0, 0.05) is 53.2 Å². The van der Waals surface area contributed by atoms with Crippen LogP contribution in [-0.2, 0) is 16.0 Å². The minimum absolute atomic E-state index is 0.0907. The number of aromatic amines is 1. The minimum Gasteiger partial charge on any atom is -0.361 e. The van der Waals surface area contributed by atoms with Crippen molar-refractivity contribution in [3.63, 3.8) is 0 Å². The number of halogens is 1. The van der Waals surface area contributed by atoms with E-state index in [2.05, 4.69) is 21.3 Å². The van der Waals surface area contributed by atoms with Gasteiger partial charge < -0.3 is 20.1 Å². The lowest BCUT2D eigenvalue weighted by atomic mass is 9.87. The average Bonchev–Trinajstić information content (AvgIpc) is 3.23. The fourth-order valence-electron chi connectivity index (χ4n) is 5.49. The molecular formula is C30H39ClN4O2. The van der Waals surface area contributed by atoms with E-state index in [1.807, 2.05) is 89.3 Å². The van der Waals surface area contributed by atoms with E-state index >= 15 is 0 Å². The molecule has 2 N–H and O–H groups in total. The number of para-hydroxylation sites is 1. The topological polar surface area (TPSA) is 68.4 Å². The van der Waals surface area contributed by atoms with Crippen molar-refractivity contribution in [1.29, 1.82) is 0 Å². The Kier molecular flexibility index (Phi) is 8.00. The van der Waals surface area contributed by atoms with E-state index in [9.17, 15) is 9.59 Å². The zero-order valence-corrected chi connectivity index (χ0v) is 23.5. The van der Waals surface area contributed by atoms with Gasteiger partial charge in [0.25, 0.3) is 0 Å². The number of nitrogens with zero attached hydrogens (tertiary/aromatic N) is 2. The van der Waals surface area contributed by atoms with Gasteiger partial charge in [0.2, 0.25) is 11.8 Å². The van der Waals surface area contributed by atoms with Crippen molar-refractivity contribution < 1.29 is 9.59 Å². The van der Waals surface area contributed by atoms with Gasteiger partial charge in [0.1, 0.15) is 6.04 Å². The molecule has 2 heterocycles. The quantitative estimate of drug-likeness (QED) is 0.423. The molecule has 0 saturated heterocycles. The first-order valence-electron chi connectivity index (χ1n) is 13.0. The monoisotopic (exact) mass is 522 g/mol. The first-order chi connectivity index (χ1) is 17.4. The Hall–Kier alpha value is -2.83. The van der Waals surface area contributed by atoms with Crippen LogP contribution in [0.15, 0.2) is 48.7 Å². The maximum Gasteiger partial charge on any atom is 0.250 e. The number of benzene rings is 2. The number of anilines is 1. The predicted octanol–water partition coefficient (Wildman–Crippen LogP) is 5.61. The highest BCUT2D eigenvalue weighted by Crippen LogP contribution is 2.35. The van der Waals surface area contributed by atoms with Crippen molar-refractivity contribution in [3.05, 3.63) is 64.8 Å². The molecule has 0 bridgehead atoms. The largest absolute Gasteiger partial charge is 0.361 e. The van der Waals surface area contributed by atoms with E-state index in [4.69, 9.17) is 11.6 Å². The predicted molar refractivity (Wildman–Crippen MR) is 152 cm³/mol. The molecular weight excluding hydrogens is 484 g/mol. The number of hydrogen-bond donors (Lipinski definition) is 2. The van der Waals surface area contributed by atoms with Gasteiger partial charge in [0.15, 0.2) is 0 Å².